The predicted molar refractivity (Wildman–Crippen MR) is 160 cm³/mol. The van der Waals surface area contributed by atoms with Crippen LogP contribution in [0.1, 0.15) is 85.8 Å². The summed E-state index contributed by atoms with van der Waals surface area (Å²) in [6, 6.07) is 8.28. The molecule has 9 rings (SSSR count). The molecule has 0 radical (unpaired) electrons. The Bertz CT molecular complexity index is 1960. The Kier molecular flexibility index (Phi) is 5.10. The van der Waals surface area contributed by atoms with Crippen molar-refractivity contribution in [3.63, 3.8) is 0 Å². The highest BCUT2D eigenvalue weighted by Crippen LogP contribution is 2.42. The molecule has 41 heavy (non-hydrogen) atoms. The Balaban J connectivity index is 1.43. The van der Waals surface area contributed by atoms with Gasteiger partial charge in [-0.25, -0.2) is 29.9 Å². The summed E-state index contributed by atoms with van der Waals surface area (Å²) in [5.41, 5.74) is 13.3. The van der Waals surface area contributed by atoms with E-state index in [2.05, 4.69) is 29.0 Å². The highest BCUT2D eigenvalue weighted by molar-refractivity contribution is 5.92. The van der Waals surface area contributed by atoms with Gasteiger partial charge in [-0.05, 0) is 76.5 Å². The molecule has 0 saturated carbocycles. The van der Waals surface area contributed by atoms with Gasteiger partial charge >= 0.3 is 0 Å². The summed E-state index contributed by atoms with van der Waals surface area (Å²) in [7, 11) is 0. The lowest BCUT2D eigenvalue weighted by Gasteiger charge is -2.19. The van der Waals surface area contributed by atoms with E-state index in [1.54, 1.807) is 0 Å². The van der Waals surface area contributed by atoms with Gasteiger partial charge in [0.25, 0.3) is 0 Å². The predicted octanol–water partition coefficient (Wildman–Crippen LogP) is 6.72. The molecule has 8 bridgehead atoms. The number of allylic oxidation sites excluding steroid dienone is 2. The van der Waals surface area contributed by atoms with Gasteiger partial charge in [-0.1, -0.05) is 31.2 Å². The Morgan fingerprint density at radius 1 is 0.537 bits per heavy atom. The van der Waals surface area contributed by atoms with Crippen molar-refractivity contribution in [2.24, 2.45) is 5.92 Å². The summed E-state index contributed by atoms with van der Waals surface area (Å²) in [4.78, 5) is 38.2. The number of hydrogen-bond donors (Lipinski definition) is 2. The molecule has 5 aliphatic rings. The molecule has 0 saturated heterocycles. The molecule has 1 aromatic carbocycles. The van der Waals surface area contributed by atoms with Gasteiger partial charge in [0.15, 0.2) is 23.3 Å². The van der Waals surface area contributed by atoms with Crippen LogP contribution in [0.25, 0.3) is 56.5 Å². The van der Waals surface area contributed by atoms with Crippen molar-refractivity contribution in [3.8, 4) is 22.8 Å². The summed E-state index contributed by atoms with van der Waals surface area (Å²) < 4.78 is 0. The zero-order chi connectivity index (χ0) is 27.1. The highest BCUT2D eigenvalue weighted by Gasteiger charge is 2.30. The monoisotopic (exact) mass is 540 g/mol. The normalized spacial score (nSPS) is 19.4. The van der Waals surface area contributed by atoms with Crippen LogP contribution < -0.4 is 0 Å². The summed E-state index contributed by atoms with van der Waals surface area (Å²) in [5, 5.41) is 0. The van der Waals surface area contributed by atoms with Crippen LogP contribution >= 0.6 is 0 Å². The molecule has 0 amide bonds. The summed E-state index contributed by atoms with van der Waals surface area (Å²) in [6.07, 6.45) is 11.8. The third-order valence-corrected chi connectivity index (χ3v) is 9.60. The molecule has 4 aromatic rings. The second-order valence-electron chi connectivity index (χ2n) is 12.3. The zero-order valence-corrected chi connectivity index (χ0v) is 23.3. The maximum absolute atomic E-state index is 5.27. The van der Waals surface area contributed by atoms with Gasteiger partial charge < -0.3 is 9.97 Å². The smallest absolute Gasteiger partial charge is 0.164 e. The van der Waals surface area contributed by atoms with E-state index in [0.717, 1.165) is 96.7 Å². The molecule has 2 aliphatic heterocycles. The van der Waals surface area contributed by atoms with Gasteiger partial charge in [0.1, 0.15) is 22.6 Å². The molecule has 2 N–H and O–H groups in total. The van der Waals surface area contributed by atoms with Crippen LogP contribution in [0.2, 0.25) is 0 Å². The Morgan fingerprint density at radius 2 is 1.00 bits per heavy atom. The number of aromatic amines is 2. The fourth-order valence-corrected chi connectivity index (χ4v) is 7.46. The van der Waals surface area contributed by atoms with Gasteiger partial charge in [0.2, 0.25) is 0 Å². The molecule has 0 unspecified atom stereocenters. The van der Waals surface area contributed by atoms with Crippen LogP contribution in [0.15, 0.2) is 24.3 Å². The van der Waals surface area contributed by atoms with Crippen molar-refractivity contribution in [1.29, 1.82) is 0 Å². The van der Waals surface area contributed by atoms with Crippen molar-refractivity contribution in [2.45, 2.75) is 77.6 Å². The van der Waals surface area contributed by atoms with Gasteiger partial charge in [-0.3, -0.25) is 0 Å². The van der Waals surface area contributed by atoms with E-state index in [0.29, 0.717) is 17.6 Å². The lowest BCUT2D eigenvalue weighted by Crippen LogP contribution is -2.05. The average Bonchev–Trinajstić information content (AvgIpc) is 3.72. The van der Waals surface area contributed by atoms with Crippen LogP contribution in [0, 0.1) is 5.92 Å². The van der Waals surface area contributed by atoms with E-state index in [1.807, 2.05) is 12.1 Å². The minimum Gasteiger partial charge on any atom is -0.324 e. The molecular weight excluding hydrogens is 508 g/mol. The summed E-state index contributed by atoms with van der Waals surface area (Å²) in [5.74, 6) is 3.54. The van der Waals surface area contributed by atoms with Gasteiger partial charge in [-0.15, -0.1) is 0 Å². The largest absolute Gasteiger partial charge is 0.324 e. The molecular formula is C33H32N8. The van der Waals surface area contributed by atoms with Crippen LogP contribution in [0.5, 0.6) is 0 Å². The fraction of sp³-hybridized carbons (Fsp3) is 0.394. The molecule has 0 fully saturated rings. The van der Waals surface area contributed by atoms with Crippen LogP contribution in [-0.2, 0) is 25.7 Å². The number of hydrogen-bond acceptors (Lipinski definition) is 6. The molecule has 1 atom stereocenters. The first kappa shape index (κ1) is 23.5. The first-order valence-corrected chi connectivity index (χ1v) is 15.3. The third-order valence-electron chi connectivity index (χ3n) is 9.60. The SMILES string of the molecule is C[C@@H]1CCC2=C(C1)c1nc2nc2[nH]c(nc3[nH]c(nc4nc(n1)-c1ccccc1-4)c1c3CCCC1)c1c2CCCC1. The van der Waals surface area contributed by atoms with E-state index >= 15 is 0 Å². The number of nitrogens with zero attached hydrogens (tertiary/aromatic N) is 6. The molecule has 8 heteroatoms. The molecule has 0 spiro atoms. The lowest BCUT2D eigenvalue weighted by molar-refractivity contribution is 0.543. The first-order chi connectivity index (χ1) is 20.2. The maximum atomic E-state index is 5.27. The van der Waals surface area contributed by atoms with Crippen LogP contribution in [0.3, 0.4) is 0 Å². The molecule has 3 aliphatic carbocycles. The molecule has 5 heterocycles. The second kappa shape index (κ2) is 8.90. The minimum atomic E-state index is 0.592. The fourth-order valence-electron chi connectivity index (χ4n) is 7.46. The van der Waals surface area contributed by atoms with Crippen molar-refractivity contribution in [3.05, 3.63) is 58.2 Å². The standard InChI is InChI=1S/C33H32N8/c1-17-14-15-24-25(16-17)33-40-31-23-13-7-6-12-22(23)29(38-31)36-27-19-9-3-2-8-18(19)26(34-27)35-28-20-10-4-5-11-21(20)30(37-28)39-32(24)41-33/h6-7,12-13,17H,2-5,8-11,14-16H2,1H3,(H2,34,35,36,37,38,39,40,41)/t17-/m1/s1. The van der Waals surface area contributed by atoms with Crippen molar-refractivity contribution in [2.75, 3.05) is 0 Å². The summed E-state index contributed by atoms with van der Waals surface area (Å²) >= 11 is 0. The third kappa shape index (κ3) is 3.65. The van der Waals surface area contributed by atoms with Crippen molar-refractivity contribution in [1.82, 2.24) is 39.9 Å². The van der Waals surface area contributed by atoms with Crippen molar-refractivity contribution >= 4 is 33.7 Å². The van der Waals surface area contributed by atoms with Gasteiger partial charge in [0.05, 0.1) is 0 Å². The van der Waals surface area contributed by atoms with E-state index in [-0.39, 0.29) is 0 Å². The zero-order valence-electron chi connectivity index (χ0n) is 23.3. The van der Waals surface area contributed by atoms with E-state index in [1.165, 1.54) is 52.7 Å². The van der Waals surface area contributed by atoms with E-state index in [9.17, 15) is 0 Å². The number of aromatic nitrogens is 8. The number of fused-ring (bicyclic) bond motifs is 19. The number of nitrogens with one attached hydrogen (secondary N) is 2. The molecule has 8 nitrogen and oxygen atoms in total. The Morgan fingerprint density at radius 3 is 1.61 bits per heavy atom. The highest BCUT2D eigenvalue weighted by atomic mass is 15.1. The minimum absolute atomic E-state index is 0.592. The lowest BCUT2D eigenvalue weighted by atomic mass is 9.85. The topological polar surface area (TPSA) is 109 Å². The molecule has 3 aromatic heterocycles. The number of aryl methyl sites for hydroxylation is 4. The number of rotatable bonds is 0. The van der Waals surface area contributed by atoms with E-state index < -0.39 is 0 Å². The molecule has 204 valence electrons. The van der Waals surface area contributed by atoms with Crippen molar-refractivity contribution < 1.29 is 0 Å². The number of benzene rings is 1. The average molecular weight is 541 g/mol. The second-order valence-corrected chi connectivity index (χ2v) is 12.3. The van der Waals surface area contributed by atoms with E-state index in [4.69, 9.17) is 29.9 Å². The Hall–Kier alpha value is -4.20. The van der Waals surface area contributed by atoms with Crippen LogP contribution in [0.4, 0.5) is 0 Å². The van der Waals surface area contributed by atoms with Gasteiger partial charge in [0, 0.05) is 44.5 Å². The quantitative estimate of drug-likeness (QED) is 0.226. The maximum Gasteiger partial charge on any atom is 0.164 e. The number of H-pyrrole nitrogens is 2. The first-order valence-electron chi connectivity index (χ1n) is 15.3. The summed E-state index contributed by atoms with van der Waals surface area (Å²) in [6.45, 7) is 2.32. The van der Waals surface area contributed by atoms with Crippen LogP contribution in [-0.4, -0.2) is 39.9 Å². The Labute approximate surface area is 237 Å². The van der Waals surface area contributed by atoms with Gasteiger partial charge in [-0.2, -0.15) is 0 Å².